The van der Waals surface area contributed by atoms with Gasteiger partial charge in [0.2, 0.25) is 11.7 Å². The lowest BCUT2D eigenvalue weighted by atomic mass is 10.0. The number of carbonyl (C=O) groups is 2. The number of Topliss-reactive ketones (excluding diaryl/α,β-unsaturated/α-hetero) is 1. The quantitative estimate of drug-likeness (QED) is 0.450. The van der Waals surface area contributed by atoms with Gasteiger partial charge >= 0.3 is 0 Å². The van der Waals surface area contributed by atoms with Gasteiger partial charge in [-0.3, -0.25) is 14.5 Å². The van der Waals surface area contributed by atoms with Gasteiger partial charge in [-0.2, -0.15) is 0 Å². The fraction of sp³-hybridized carbons (Fsp3) is 0.286. The number of carbonyl (C=O) groups excluding carboxylic acids is 2. The van der Waals surface area contributed by atoms with Gasteiger partial charge in [0.1, 0.15) is 4.83 Å². The van der Waals surface area contributed by atoms with E-state index in [9.17, 15) is 18.0 Å². The number of allylic oxidation sites excluding steroid dienone is 1. The number of fused-ring (bicyclic) bond motifs is 1. The van der Waals surface area contributed by atoms with Gasteiger partial charge in [-0.25, -0.2) is 8.42 Å². The van der Waals surface area contributed by atoms with E-state index < -0.39 is 20.0 Å². The Kier molecular flexibility index (Phi) is 3.29. The number of amides is 1. The summed E-state index contributed by atoms with van der Waals surface area (Å²) < 4.78 is 24.3. The zero-order valence-electron chi connectivity index (χ0n) is 11.1. The molecular formula is C14H12BrNO4S. The van der Waals surface area contributed by atoms with E-state index in [2.05, 4.69) is 15.9 Å². The monoisotopic (exact) mass is 369 g/mol. The lowest BCUT2D eigenvalue weighted by Gasteiger charge is -2.47. The molecule has 0 N–H and O–H groups in total. The van der Waals surface area contributed by atoms with Gasteiger partial charge in [0.15, 0.2) is 15.2 Å². The summed E-state index contributed by atoms with van der Waals surface area (Å²) >= 11 is 3.09. The number of rotatable bonds is 2. The van der Waals surface area contributed by atoms with Gasteiger partial charge < -0.3 is 0 Å². The number of hydrogen-bond acceptors (Lipinski definition) is 4. The van der Waals surface area contributed by atoms with E-state index in [4.69, 9.17) is 0 Å². The fourth-order valence-corrected chi connectivity index (χ4v) is 6.07. The summed E-state index contributed by atoms with van der Waals surface area (Å²) in [6.07, 6.45) is 0. The normalized spacial score (nSPS) is 27.1. The van der Waals surface area contributed by atoms with Crippen molar-refractivity contribution in [1.82, 2.24) is 4.90 Å². The minimum Gasteiger partial charge on any atom is -0.288 e. The average molecular weight is 370 g/mol. The largest absolute Gasteiger partial charge is 0.288 e. The molecule has 3 rings (SSSR count). The van der Waals surface area contributed by atoms with Crippen LogP contribution in [-0.4, -0.2) is 41.0 Å². The molecule has 2 aliphatic rings. The molecule has 5 nitrogen and oxygen atoms in total. The zero-order valence-corrected chi connectivity index (χ0v) is 13.5. The lowest BCUT2D eigenvalue weighted by molar-refractivity contribution is -0.137. The minimum atomic E-state index is -3.46. The molecule has 7 heteroatoms. The van der Waals surface area contributed by atoms with Gasteiger partial charge in [0.05, 0.1) is 11.4 Å². The van der Waals surface area contributed by atoms with Crippen molar-refractivity contribution < 1.29 is 18.0 Å². The van der Waals surface area contributed by atoms with Crippen LogP contribution < -0.4 is 0 Å². The van der Waals surface area contributed by atoms with E-state index in [1.165, 1.54) is 0 Å². The molecule has 110 valence electrons. The number of alkyl halides is 1. The van der Waals surface area contributed by atoms with E-state index in [-0.39, 0.29) is 23.1 Å². The van der Waals surface area contributed by atoms with Crippen LogP contribution in [0.5, 0.6) is 0 Å². The van der Waals surface area contributed by atoms with Crippen LogP contribution in [0.3, 0.4) is 0 Å². The molecule has 2 aliphatic heterocycles. The highest BCUT2D eigenvalue weighted by molar-refractivity contribution is 9.10. The Hall–Kier alpha value is -1.47. The predicted molar refractivity (Wildman–Crippen MR) is 80.6 cm³/mol. The van der Waals surface area contributed by atoms with Gasteiger partial charge in [0.25, 0.3) is 0 Å². The molecular weight excluding hydrogens is 358 g/mol. The van der Waals surface area contributed by atoms with Gasteiger partial charge in [0, 0.05) is 5.56 Å². The first kappa shape index (κ1) is 14.5. The van der Waals surface area contributed by atoms with Crippen molar-refractivity contribution in [3.05, 3.63) is 47.2 Å². The van der Waals surface area contributed by atoms with Crippen LogP contribution in [0.1, 0.15) is 17.3 Å². The number of benzene rings is 1. The van der Waals surface area contributed by atoms with Crippen LogP contribution in [0.25, 0.3) is 0 Å². The molecule has 1 aromatic rings. The maximum atomic E-state index is 12.6. The van der Waals surface area contributed by atoms with Crippen LogP contribution in [0.4, 0.5) is 0 Å². The summed E-state index contributed by atoms with van der Waals surface area (Å²) in [6, 6.07) is 8.54. The average Bonchev–Trinajstić information content (AvgIpc) is 2.45. The Bertz CT molecular complexity index is 769. The Morgan fingerprint density at radius 1 is 1.29 bits per heavy atom. The Balaban J connectivity index is 2.10. The van der Waals surface area contributed by atoms with E-state index in [1.54, 1.807) is 37.3 Å². The second-order valence-corrected chi connectivity index (χ2v) is 8.22. The molecule has 2 heterocycles. The third-order valence-electron chi connectivity index (χ3n) is 3.66. The highest BCUT2D eigenvalue weighted by Gasteiger charge is 2.58. The first-order chi connectivity index (χ1) is 9.84. The number of ketones is 1. The van der Waals surface area contributed by atoms with Gasteiger partial charge in [-0.05, 0) is 12.5 Å². The number of β-lactam (4-membered cyclic amide) rings is 1. The third kappa shape index (κ3) is 2.06. The van der Waals surface area contributed by atoms with Crippen molar-refractivity contribution in [2.24, 2.45) is 0 Å². The molecule has 0 radical (unpaired) electrons. The van der Waals surface area contributed by atoms with Gasteiger partial charge in [-0.1, -0.05) is 46.3 Å². The number of halogens is 1. The molecule has 0 bridgehead atoms. The van der Waals surface area contributed by atoms with Crippen molar-refractivity contribution >= 4 is 37.5 Å². The molecule has 0 aliphatic carbocycles. The maximum absolute atomic E-state index is 12.6. The standard InChI is InChI=1S/C14H12BrNO4S/c1-8-7-21(19,20)14-10(15)13(18)16(14)11(8)12(17)9-5-3-2-4-6-9/h2-6,10,14H,7H2,1H3/t10-,14+/m0/s1. The van der Waals surface area contributed by atoms with Gasteiger partial charge in [-0.15, -0.1) is 0 Å². The van der Waals surface area contributed by atoms with Crippen LogP contribution in [0.15, 0.2) is 41.6 Å². The van der Waals surface area contributed by atoms with Crippen LogP contribution in [0.2, 0.25) is 0 Å². The molecule has 0 spiro atoms. The first-order valence-corrected chi connectivity index (χ1v) is 8.96. The first-order valence-electron chi connectivity index (χ1n) is 6.33. The Labute approximate surface area is 130 Å². The molecule has 0 aromatic heterocycles. The summed E-state index contributed by atoms with van der Waals surface area (Å²) in [5, 5.41) is -0.976. The number of nitrogens with zero attached hydrogens (tertiary/aromatic N) is 1. The van der Waals surface area contributed by atoms with E-state index >= 15 is 0 Å². The number of sulfone groups is 1. The second-order valence-electron chi connectivity index (χ2n) is 5.13. The molecule has 1 saturated heterocycles. The van der Waals surface area contributed by atoms with Crippen molar-refractivity contribution in [1.29, 1.82) is 0 Å². The van der Waals surface area contributed by atoms with E-state index in [1.807, 2.05) is 0 Å². The van der Waals surface area contributed by atoms with Crippen LogP contribution in [0, 0.1) is 0 Å². The zero-order chi connectivity index (χ0) is 15.4. The summed E-state index contributed by atoms with van der Waals surface area (Å²) in [4.78, 5) is 24.9. The highest BCUT2D eigenvalue weighted by Crippen LogP contribution is 2.40. The topological polar surface area (TPSA) is 71.5 Å². The molecule has 0 unspecified atom stereocenters. The second kappa shape index (κ2) is 4.78. The summed E-state index contributed by atoms with van der Waals surface area (Å²) in [7, 11) is -3.46. The van der Waals surface area contributed by atoms with Crippen molar-refractivity contribution in [2.75, 3.05) is 5.75 Å². The fourth-order valence-electron chi connectivity index (χ4n) is 2.70. The molecule has 21 heavy (non-hydrogen) atoms. The van der Waals surface area contributed by atoms with Crippen LogP contribution >= 0.6 is 15.9 Å². The van der Waals surface area contributed by atoms with Crippen molar-refractivity contribution in [3.8, 4) is 0 Å². The summed E-state index contributed by atoms with van der Waals surface area (Å²) in [6.45, 7) is 1.58. The molecule has 0 saturated carbocycles. The maximum Gasteiger partial charge on any atom is 0.245 e. The lowest BCUT2D eigenvalue weighted by Crippen LogP contribution is -2.67. The van der Waals surface area contributed by atoms with Crippen molar-refractivity contribution in [2.45, 2.75) is 17.1 Å². The SMILES string of the molecule is CC1=C(C(=O)c2ccccc2)N2C(=O)[C@H](Br)[C@H]2S(=O)(=O)C1. The summed E-state index contributed by atoms with van der Waals surface area (Å²) in [5.74, 6) is -0.903. The third-order valence-corrected chi connectivity index (χ3v) is 6.96. The number of hydrogen-bond donors (Lipinski definition) is 0. The molecule has 1 fully saturated rings. The smallest absolute Gasteiger partial charge is 0.245 e. The Morgan fingerprint density at radius 3 is 2.52 bits per heavy atom. The van der Waals surface area contributed by atoms with Crippen molar-refractivity contribution in [3.63, 3.8) is 0 Å². The molecule has 1 aromatic carbocycles. The van der Waals surface area contributed by atoms with E-state index in [0.717, 1.165) is 4.90 Å². The summed E-state index contributed by atoms with van der Waals surface area (Å²) in [5.41, 5.74) is 1.05. The van der Waals surface area contributed by atoms with Crippen LogP contribution in [-0.2, 0) is 14.6 Å². The van der Waals surface area contributed by atoms with E-state index in [0.29, 0.717) is 11.1 Å². The predicted octanol–water partition coefficient (Wildman–Crippen LogP) is 1.50. The highest BCUT2D eigenvalue weighted by atomic mass is 79.9. The minimum absolute atomic E-state index is 0.196. The molecule has 2 atom stereocenters. The Morgan fingerprint density at radius 2 is 1.90 bits per heavy atom. The molecule has 1 amide bonds.